The molecule has 0 amide bonds. The van der Waals surface area contributed by atoms with Gasteiger partial charge in [-0.1, -0.05) is 0 Å². The lowest BCUT2D eigenvalue weighted by molar-refractivity contribution is 0.390. The van der Waals surface area contributed by atoms with E-state index in [0.717, 1.165) is 10.4 Å². The van der Waals surface area contributed by atoms with Crippen molar-refractivity contribution in [1.82, 2.24) is 14.6 Å². The first-order valence-electron chi connectivity index (χ1n) is 8.58. The Kier molecular flexibility index (Phi) is 4.89. The molecule has 0 spiro atoms. The number of benzene rings is 1. The summed E-state index contributed by atoms with van der Waals surface area (Å²) in [5.74, 6) is 0.880. The number of hydrogen-bond donors (Lipinski definition) is 1. The third-order valence-corrected chi connectivity index (χ3v) is 7.08. The van der Waals surface area contributed by atoms with Gasteiger partial charge >= 0.3 is 0 Å². The molecule has 3 aromatic heterocycles. The molecule has 0 saturated heterocycles. The highest BCUT2D eigenvalue weighted by Gasteiger charge is 2.19. The van der Waals surface area contributed by atoms with Crippen LogP contribution in [0.15, 0.2) is 52.9 Å². The molecule has 0 aliphatic heterocycles. The summed E-state index contributed by atoms with van der Waals surface area (Å²) in [6.07, 6.45) is 1.75. The Balaban J connectivity index is 1.73. The van der Waals surface area contributed by atoms with Gasteiger partial charge in [0.05, 0.1) is 31.8 Å². The van der Waals surface area contributed by atoms with Crippen molar-refractivity contribution in [2.45, 2.75) is 11.1 Å². The van der Waals surface area contributed by atoms with Crippen LogP contribution < -0.4 is 14.2 Å². The molecule has 4 rings (SSSR count). The number of hydrogen-bond acceptors (Lipinski definition) is 7. The predicted octanol–water partition coefficient (Wildman–Crippen LogP) is 3.58. The summed E-state index contributed by atoms with van der Waals surface area (Å²) >= 11 is 1.21. The average Bonchev–Trinajstić information content (AvgIpc) is 3.33. The number of aromatic nitrogens is 3. The molecule has 150 valence electrons. The molecular weight excluding hydrogens is 412 g/mol. The van der Waals surface area contributed by atoms with Crippen molar-refractivity contribution in [2.24, 2.45) is 0 Å². The third kappa shape index (κ3) is 3.76. The van der Waals surface area contributed by atoms with E-state index in [-0.39, 0.29) is 4.21 Å². The number of imidazole rings is 1. The zero-order valence-corrected chi connectivity index (χ0v) is 17.5. The van der Waals surface area contributed by atoms with E-state index < -0.39 is 10.0 Å². The molecule has 29 heavy (non-hydrogen) atoms. The van der Waals surface area contributed by atoms with E-state index in [4.69, 9.17) is 9.47 Å². The Bertz CT molecular complexity index is 1290. The van der Waals surface area contributed by atoms with Crippen LogP contribution in [0.5, 0.6) is 11.6 Å². The van der Waals surface area contributed by atoms with Crippen LogP contribution in [0.25, 0.3) is 16.9 Å². The minimum atomic E-state index is -3.72. The molecular formula is C19H18N4O4S2. The standard InChI is InChI=1S/C19H18N4O4S2/c1-12-4-9-19(28-12)29(24,25)22-14-10-13(5-6-16(14)26-2)15-11-23-17(20-15)7-8-18(21-23)27-3/h4-11,22H,1-3H3. The number of anilines is 1. The van der Waals surface area contributed by atoms with Crippen molar-refractivity contribution in [2.75, 3.05) is 18.9 Å². The largest absolute Gasteiger partial charge is 0.495 e. The Hall–Kier alpha value is -3.11. The summed E-state index contributed by atoms with van der Waals surface area (Å²) in [6, 6.07) is 12.1. The summed E-state index contributed by atoms with van der Waals surface area (Å²) < 4.78 is 40.4. The normalized spacial score (nSPS) is 11.6. The number of aryl methyl sites for hydroxylation is 1. The fourth-order valence-corrected chi connectivity index (χ4v) is 5.16. The Morgan fingerprint density at radius 3 is 2.59 bits per heavy atom. The lowest BCUT2D eigenvalue weighted by atomic mass is 10.1. The summed E-state index contributed by atoms with van der Waals surface area (Å²) in [5, 5.41) is 4.29. The van der Waals surface area contributed by atoms with E-state index in [1.54, 1.807) is 54.2 Å². The van der Waals surface area contributed by atoms with Gasteiger partial charge in [0, 0.05) is 16.5 Å². The number of fused-ring (bicyclic) bond motifs is 1. The van der Waals surface area contributed by atoms with Gasteiger partial charge < -0.3 is 9.47 Å². The molecule has 10 heteroatoms. The number of ether oxygens (including phenoxy) is 2. The SMILES string of the molecule is COc1ccc2nc(-c3ccc(OC)c(NS(=O)(=O)c4ccc(C)s4)c3)cn2n1. The van der Waals surface area contributed by atoms with Gasteiger partial charge in [-0.15, -0.1) is 16.4 Å². The van der Waals surface area contributed by atoms with Gasteiger partial charge in [-0.2, -0.15) is 0 Å². The van der Waals surface area contributed by atoms with Gasteiger partial charge in [0.2, 0.25) is 5.88 Å². The molecule has 0 bridgehead atoms. The zero-order valence-electron chi connectivity index (χ0n) is 15.9. The average molecular weight is 431 g/mol. The van der Waals surface area contributed by atoms with Crippen LogP contribution in [0.3, 0.4) is 0 Å². The summed E-state index contributed by atoms with van der Waals surface area (Å²) in [5.41, 5.74) is 2.34. The van der Waals surface area contributed by atoms with Crippen LogP contribution in [0, 0.1) is 6.92 Å². The van der Waals surface area contributed by atoms with E-state index >= 15 is 0 Å². The van der Waals surface area contributed by atoms with Crippen molar-refractivity contribution in [1.29, 1.82) is 0 Å². The maximum absolute atomic E-state index is 12.7. The monoisotopic (exact) mass is 430 g/mol. The Morgan fingerprint density at radius 2 is 1.90 bits per heavy atom. The first kappa shape index (κ1) is 19.2. The Morgan fingerprint density at radius 1 is 1.07 bits per heavy atom. The number of methoxy groups -OCH3 is 2. The van der Waals surface area contributed by atoms with Crippen LogP contribution in [0.4, 0.5) is 5.69 Å². The number of rotatable bonds is 6. The topological polar surface area (TPSA) is 94.8 Å². The Labute approximate surface area is 171 Å². The number of thiophene rings is 1. The lowest BCUT2D eigenvalue weighted by Gasteiger charge is -2.12. The maximum Gasteiger partial charge on any atom is 0.271 e. The summed E-state index contributed by atoms with van der Waals surface area (Å²) in [6.45, 7) is 1.86. The molecule has 0 radical (unpaired) electrons. The fraction of sp³-hybridized carbons (Fsp3) is 0.158. The van der Waals surface area contributed by atoms with Gasteiger partial charge in [0.25, 0.3) is 10.0 Å². The third-order valence-electron chi connectivity index (χ3n) is 4.22. The molecule has 1 N–H and O–H groups in total. The van der Waals surface area contributed by atoms with Crippen LogP contribution >= 0.6 is 11.3 Å². The highest BCUT2D eigenvalue weighted by Crippen LogP contribution is 2.33. The van der Waals surface area contributed by atoms with E-state index in [9.17, 15) is 8.42 Å². The molecule has 3 heterocycles. The number of nitrogens with one attached hydrogen (secondary N) is 1. The van der Waals surface area contributed by atoms with Crippen molar-refractivity contribution >= 4 is 32.7 Å². The fourth-order valence-electron chi connectivity index (χ4n) is 2.81. The second-order valence-electron chi connectivity index (χ2n) is 6.19. The lowest BCUT2D eigenvalue weighted by Crippen LogP contribution is -2.12. The molecule has 0 aliphatic carbocycles. The summed E-state index contributed by atoms with van der Waals surface area (Å²) in [4.78, 5) is 5.46. The van der Waals surface area contributed by atoms with Crippen LogP contribution in [0.1, 0.15) is 4.88 Å². The van der Waals surface area contributed by atoms with Crippen LogP contribution in [0.2, 0.25) is 0 Å². The first-order chi connectivity index (χ1) is 13.9. The molecule has 1 aromatic carbocycles. The van der Waals surface area contributed by atoms with Crippen molar-refractivity contribution in [3.05, 3.63) is 53.5 Å². The zero-order chi connectivity index (χ0) is 20.6. The minimum Gasteiger partial charge on any atom is -0.495 e. The van der Waals surface area contributed by atoms with E-state index in [2.05, 4.69) is 14.8 Å². The second kappa shape index (κ2) is 7.37. The van der Waals surface area contributed by atoms with Gasteiger partial charge in [-0.25, -0.2) is 17.9 Å². The maximum atomic E-state index is 12.7. The van der Waals surface area contributed by atoms with Gasteiger partial charge in [0.1, 0.15) is 9.96 Å². The van der Waals surface area contributed by atoms with E-state index in [1.807, 2.05) is 13.0 Å². The molecule has 8 nitrogen and oxygen atoms in total. The van der Waals surface area contributed by atoms with Crippen molar-refractivity contribution in [3.8, 4) is 22.9 Å². The van der Waals surface area contributed by atoms with Gasteiger partial charge in [-0.05, 0) is 43.3 Å². The van der Waals surface area contributed by atoms with Crippen LogP contribution in [-0.4, -0.2) is 37.2 Å². The molecule has 0 atom stereocenters. The van der Waals surface area contributed by atoms with Gasteiger partial charge in [-0.3, -0.25) is 4.72 Å². The first-order valence-corrected chi connectivity index (χ1v) is 10.9. The van der Waals surface area contributed by atoms with Crippen molar-refractivity contribution in [3.63, 3.8) is 0 Å². The number of sulfonamides is 1. The van der Waals surface area contributed by atoms with Crippen molar-refractivity contribution < 1.29 is 17.9 Å². The number of nitrogens with zero attached hydrogens (tertiary/aromatic N) is 3. The van der Waals surface area contributed by atoms with Crippen LogP contribution in [-0.2, 0) is 10.0 Å². The molecule has 0 aliphatic rings. The molecule has 0 fully saturated rings. The quantitative estimate of drug-likeness (QED) is 0.502. The highest BCUT2D eigenvalue weighted by molar-refractivity contribution is 7.94. The molecule has 0 saturated carbocycles. The molecule has 0 unspecified atom stereocenters. The second-order valence-corrected chi connectivity index (χ2v) is 9.39. The predicted molar refractivity (Wildman–Crippen MR) is 111 cm³/mol. The van der Waals surface area contributed by atoms with E-state index in [1.165, 1.54) is 18.4 Å². The molecule has 4 aromatic rings. The van der Waals surface area contributed by atoms with E-state index in [0.29, 0.717) is 28.7 Å². The highest BCUT2D eigenvalue weighted by atomic mass is 32.2. The smallest absolute Gasteiger partial charge is 0.271 e. The minimum absolute atomic E-state index is 0.242. The summed E-state index contributed by atoms with van der Waals surface area (Å²) in [7, 11) is -0.690. The van der Waals surface area contributed by atoms with Gasteiger partial charge in [0.15, 0.2) is 5.65 Å².